The maximum absolute atomic E-state index is 12.5. The smallest absolute Gasteiger partial charge is 0.410 e. The van der Waals surface area contributed by atoms with Crippen molar-refractivity contribution in [2.75, 3.05) is 13.1 Å². The molecule has 0 aliphatic carbocycles. The first kappa shape index (κ1) is 16.3. The molecule has 2 aliphatic heterocycles. The van der Waals surface area contributed by atoms with Gasteiger partial charge in [0.2, 0.25) is 0 Å². The van der Waals surface area contributed by atoms with Crippen LogP contribution in [0.15, 0.2) is 30.3 Å². The van der Waals surface area contributed by atoms with Crippen LogP contribution in [-0.2, 0) is 11.3 Å². The maximum atomic E-state index is 12.5. The summed E-state index contributed by atoms with van der Waals surface area (Å²) in [5.74, 6) is 0.561. The largest absolute Gasteiger partial charge is 0.444 e. The number of amides is 1. The van der Waals surface area contributed by atoms with Crippen LogP contribution >= 0.6 is 0 Å². The predicted octanol–water partition coefficient (Wildman–Crippen LogP) is 3.52. The topological polar surface area (TPSA) is 32.8 Å². The third-order valence-corrected chi connectivity index (χ3v) is 5.06. The van der Waals surface area contributed by atoms with Crippen molar-refractivity contribution >= 4 is 6.09 Å². The molecule has 1 amide bonds. The summed E-state index contributed by atoms with van der Waals surface area (Å²) >= 11 is 0. The fraction of sp³-hybridized carbons (Fsp3) is 0.632. The van der Waals surface area contributed by atoms with Gasteiger partial charge in [-0.1, -0.05) is 30.3 Å². The molecule has 0 bridgehead atoms. The number of nitrogens with zero attached hydrogens (tertiary/aromatic N) is 2. The number of benzene rings is 1. The molecule has 23 heavy (non-hydrogen) atoms. The molecule has 3 rings (SSSR count). The van der Waals surface area contributed by atoms with Crippen LogP contribution < -0.4 is 0 Å². The Morgan fingerprint density at radius 1 is 1.26 bits per heavy atom. The lowest BCUT2D eigenvalue weighted by Gasteiger charge is -2.29. The van der Waals surface area contributed by atoms with Gasteiger partial charge in [0, 0.05) is 25.2 Å². The van der Waals surface area contributed by atoms with E-state index in [4.69, 9.17) is 4.74 Å². The van der Waals surface area contributed by atoms with Gasteiger partial charge in [-0.2, -0.15) is 0 Å². The van der Waals surface area contributed by atoms with E-state index >= 15 is 0 Å². The monoisotopic (exact) mass is 316 g/mol. The van der Waals surface area contributed by atoms with Crippen LogP contribution in [0.4, 0.5) is 4.79 Å². The second-order valence-electron chi connectivity index (χ2n) is 7.85. The Morgan fingerprint density at radius 2 is 1.96 bits per heavy atom. The highest BCUT2D eigenvalue weighted by molar-refractivity contribution is 5.69. The predicted molar refractivity (Wildman–Crippen MR) is 91.1 cm³/mol. The summed E-state index contributed by atoms with van der Waals surface area (Å²) < 4.78 is 5.58. The van der Waals surface area contributed by atoms with Crippen molar-refractivity contribution in [1.82, 2.24) is 9.80 Å². The lowest BCUT2D eigenvalue weighted by molar-refractivity contribution is 0.0208. The fourth-order valence-corrected chi connectivity index (χ4v) is 3.93. The van der Waals surface area contributed by atoms with E-state index in [0.717, 1.165) is 26.1 Å². The summed E-state index contributed by atoms with van der Waals surface area (Å²) in [7, 11) is 0. The van der Waals surface area contributed by atoms with Gasteiger partial charge in [0.25, 0.3) is 0 Å². The van der Waals surface area contributed by atoms with Crippen molar-refractivity contribution in [3.63, 3.8) is 0 Å². The van der Waals surface area contributed by atoms with Gasteiger partial charge >= 0.3 is 6.09 Å². The molecule has 1 aromatic rings. The molecular formula is C19H28N2O2. The molecule has 2 aliphatic rings. The molecule has 0 saturated carbocycles. The van der Waals surface area contributed by atoms with Crippen molar-refractivity contribution in [2.24, 2.45) is 5.92 Å². The second kappa shape index (κ2) is 6.16. The third-order valence-electron chi connectivity index (χ3n) is 5.06. The van der Waals surface area contributed by atoms with Crippen LogP contribution in [-0.4, -0.2) is 46.7 Å². The van der Waals surface area contributed by atoms with Gasteiger partial charge in [-0.15, -0.1) is 0 Å². The highest BCUT2D eigenvalue weighted by atomic mass is 16.6. The molecule has 126 valence electrons. The van der Waals surface area contributed by atoms with Crippen LogP contribution in [0.5, 0.6) is 0 Å². The summed E-state index contributed by atoms with van der Waals surface area (Å²) in [4.78, 5) is 16.9. The molecular weight excluding hydrogens is 288 g/mol. The van der Waals surface area contributed by atoms with Crippen molar-refractivity contribution in [3.05, 3.63) is 35.9 Å². The molecule has 0 aromatic heterocycles. The Balaban J connectivity index is 1.66. The van der Waals surface area contributed by atoms with E-state index in [1.807, 2.05) is 25.7 Å². The molecule has 1 unspecified atom stereocenters. The second-order valence-corrected chi connectivity index (χ2v) is 7.85. The van der Waals surface area contributed by atoms with Crippen LogP contribution in [0, 0.1) is 5.92 Å². The fourth-order valence-electron chi connectivity index (χ4n) is 3.93. The highest BCUT2D eigenvalue weighted by Crippen LogP contribution is 2.37. The average molecular weight is 316 g/mol. The normalized spacial score (nSPS) is 28.0. The number of likely N-dealkylation sites (tertiary alicyclic amines) is 2. The van der Waals surface area contributed by atoms with E-state index in [1.165, 1.54) is 5.56 Å². The molecule has 0 spiro atoms. The van der Waals surface area contributed by atoms with Crippen molar-refractivity contribution in [1.29, 1.82) is 0 Å². The number of carbonyl (C=O) groups excluding carboxylic acids is 1. The molecule has 0 radical (unpaired) electrons. The molecule has 0 N–H and O–H groups in total. The highest BCUT2D eigenvalue weighted by Gasteiger charge is 2.48. The maximum Gasteiger partial charge on any atom is 0.410 e. The van der Waals surface area contributed by atoms with E-state index < -0.39 is 5.60 Å². The first-order valence-corrected chi connectivity index (χ1v) is 8.63. The van der Waals surface area contributed by atoms with E-state index in [9.17, 15) is 4.79 Å². The van der Waals surface area contributed by atoms with Gasteiger partial charge in [-0.05, 0) is 52.1 Å². The van der Waals surface area contributed by atoms with Gasteiger partial charge in [-0.25, -0.2) is 4.79 Å². The zero-order valence-electron chi connectivity index (χ0n) is 14.7. The Labute approximate surface area is 139 Å². The molecule has 1 aromatic carbocycles. The Bertz CT molecular complexity index is 552. The lowest BCUT2D eigenvalue weighted by Crippen LogP contribution is -2.41. The van der Waals surface area contributed by atoms with Crippen molar-refractivity contribution in [2.45, 2.75) is 58.3 Å². The molecule has 2 fully saturated rings. The molecule has 4 nitrogen and oxygen atoms in total. The van der Waals surface area contributed by atoms with Gasteiger partial charge < -0.3 is 9.64 Å². The number of fused-ring (bicyclic) bond motifs is 1. The molecule has 2 heterocycles. The zero-order chi connectivity index (χ0) is 16.6. The standard InChI is InChI=1S/C19H28N2O2/c1-14-16-10-11-20(12-15-8-6-5-7-9-15)17(16)13-21(14)18(22)23-19(2,3)4/h5-9,14,16-17H,10-13H2,1-4H3/t14?,16-,17+/m1/s1. The van der Waals surface area contributed by atoms with Gasteiger partial charge in [0.15, 0.2) is 0 Å². The Morgan fingerprint density at radius 3 is 2.61 bits per heavy atom. The van der Waals surface area contributed by atoms with Crippen LogP contribution in [0.2, 0.25) is 0 Å². The summed E-state index contributed by atoms with van der Waals surface area (Å²) in [6.45, 7) is 10.8. The molecule has 4 heteroatoms. The number of carbonyl (C=O) groups is 1. The molecule has 3 atom stereocenters. The van der Waals surface area contributed by atoms with E-state index in [0.29, 0.717) is 12.0 Å². The summed E-state index contributed by atoms with van der Waals surface area (Å²) in [6, 6.07) is 11.3. The third kappa shape index (κ3) is 3.52. The number of hydrogen-bond acceptors (Lipinski definition) is 3. The van der Waals surface area contributed by atoms with Crippen molar-refractivity contribution < 1.29 is 9.53 Å². The first-order valence-electron chi connectivity index (χ1n) is 8.63. The minimum atomic E-state index is -0.432. The molecule has 2 saturated heterocycles. The van der Waals surface area contributed by atoms with E-state index in [2.05, 4.69) is 42.2 Å². The van der Waals surface area contributed by atoms with Gasteiger partial charge in [-0.3, -0.25) is 4.90 Å². The van der Waals surface area contributed by atoms with Crippen LogP contribution in [0.1, 0.15) is 39.7 Å². The Hall–Kier alpha value is -1.55. The number of rotatable bonds is 2. The number of ether oxygens (including phenoxy) is 1. The van der Waals surface area contributed by atoms with E-state index in [1.54, 1.807) is 0 Å². The van der Waals surface area contributed by atoms with Crippen LogP contribution in [0.3, 0.4) is 0 Å². The van der Waals surface area contributed by atoms with E-state index in [-0.39, 0.29) is 12.1 Å². The SMILES string of the molecule is CC1[C@H]2CCN(Cc3ccccc3)[C@H]2CN1C(=O)OC(C)(C)C. The van der Waals surface area contributed by atoms with Crippen molar-refractivity contribution in [3.8, 4) is 0 Å². The lowest BCUT2D eigenvalue weighted by atomic mass is 9.98. The van der Waals surface area contributed by atoms with Gasteiger partial charge in [0.1, 0.15) is 5.60 Å². The summed E-state index contributed by atoms with van der Waals surface area (Å²) in [6.07, 6.45) is 0.997. The minimum absolute atomic E-state index is 0.168. The zero-order valence-corrected chi connectivity index (χ0v) is 14.7. The first-order chi connectivity index (χ1) is 10.8. The number of hydrogen-bond donors (Lipinski definition) is 0. The minimum Gasteiger partial charge on any atom is -0.444 e. The van der Waals surface area contributed by atoms with Gasteiger partial charge in [0.05, 0.1) is 0 Å². The van der Waals surface area contributed by atoms with Crippen LogP contribution in [0.25, 0.3) is 0 Å². The Kier molecular flexibility index (Phi) is 4.37. The quantitative estimate of drug-likeness (QED) is 0.837. The summed E-state index contributed by atoms with van der Waals surface area (Å²) in [5, 5.41) is 0. The average Bonchev–Trinajstić information content (AvgIpc) is 3.00. The summed E-state index contributed by atoms with van der Waals surface area (Å²) in [5.41, 5.74) is 0.912.